The molecule has 2 aromatic heterocycles. The fraction of sp³-hybridized carbons (Fsp3) is 0.467. The second-order valence-electron chi connectivity index (χ2n) is 5.64. The second kappa shape index (κ2) is 6.34. The zero-order chi connectivity index (χ0) is 16.4. The normalized spacial score (nSPS) is 17.7. The first-order valence-electron chi connectivity index (χ1n) is 7.27. The van der Waals surface area contributed by atoms with Gasteiger partial charge in [-0.15, -0.1) is 11.3 Å². The number of nitriles is 1. The van der Waals surface area contributed by atoms with Crippen LogP contribution in [0.15, 0.2) is 17.6 Å². The Morgan fingerprint density at radius 1 is 1.48 bits per heavy atom. The van der Waals surface area contributed by atoms with E-state index in [0.717, 1.165) is 24.0 Å². The third kappa shape index (κ3) is 3.74. The maximum Gasteiger partial charge on any atom is 0.434 e. The van der Waals surface area contributed by atoms with E-state index in [2.05, 4.69) is 16.4 Å². The van der Waals surface area contributed by atoms with Crippen LogP contribution in [0.1, 0.15) is 28.4 Å². The minimum absolute atomic E-state index is 0.285. The van der Waals surface area contributed by atoms with Crippen LogP contribution in [0.3, 0.4) is 0 Å². The van der Waals surface area contributed by atoms with Gasteiger partial charge in [-0.05, 0) is 18.4 Å². The number of thiophene rings is 1. The molecule has 0 aromatic carbocycles. The molecule has 0 amide bonds. The molecule has 0 spiro atoms. The summed E-state index contributed by atoms with van der Waals surface area (Å²) < 4.78 is 39.7. The molecule has 0 fully saturated rings. The predicted octanol–water partition coefficient (Wildman–Crippen LogP) is 3.19. The van der Waals surface area contributed by atoms with E-state index in [4.69, 9.17) is 5.26 Å². The van der Waals surface area contributed by atoms with Gasteiger partial charge in [0.1, 0.15) is 11.9 Å². The molecular formula is C15H15F3N4S. The second-order valence-corrected chi connectivity index (χ2v) is 6.64. The summed E-state index contributed by atoms with van der Waals surface area (Å²) in [6, 6.07) is 3.94. The summed E-state index contributed by atoms with van der Waals surface area (Å²) in [5.41, 5.74) is -0.143. The Morgan fingerprint density at radius 2 is 2.30 bits per heavy atom. The van der Waals surface area contributed by atoms with Gasteiger partial charge in [0.15, 0.2) is 5.69 Å². The highest BCUT2D eigenvalue weighted by molar-refractivity contribution is 7.10. The number of rotatable bonds is 4. The van der Waals surface area contributed by atoms with Gasteiger partial charge in [0.2, 0.25) is 0 Å². The fourth-order valence-corrected chi connectivity index (χ4v) is 3.53. The topological polar surface area (TPSA) is 53.6 Å². The lowest BCUT2D eigenvalue weighted by molar-refractivity contribution is -0.141. The van der Waals surface area contributed by atoms with Gasteiger partial charge in [-0.1, -0.05) is 0 Å². The van der Waals surface area contributed by atoms with Crippen molar-refractivity contribution in [3.8, 4) is 6.07 Å². The molecule has 0 bridgehead atoms. The van der Waals surface area contributed by atoms with Crippen molar-refractivity contribution in [2.45, 2.75) is 32.1 Å². The molecule has 4 nitrogen and oxygen atoms in total. The van der Waals surface area contributed by atoms with Crippen LogP contribution in [-0.2, 0) is 25.7 Å². The van der Waals surface area contributed by atoms with E-state index < -0.39 is 11.9 Å². The summed E-state index contributed by atoms with van der Waals surface area (Å²) in [4.78, 5) is 4.77. The largest absolute Gasteiger partial charge is 0.434 e. The first-order valence-corrected chi connectivity index (χ1v) is 8.15. The lowest BCUT2D eigenvalue weighted by Crippen LogP contribution is -2.29. The molecule has 0 aliphatic carbocycles. The lowest BCUT2D eigenvalue weighted by Gasteiger charge is -2.23. The summed E-state index contributed by atoms with van der Waals surface area (Å²) in [6.45, 7) is 1.96. The minimum atomic E-state index is -4.38. The lowest BCUT2D eigenvalue weighted by atomic mass is 9.99. The Morgan fingerprint density at radius 3 is 3.00 bits per heavy atom. The van der Waals surface area contributed by atoms with Crippen molar-refractivity contribution >= 4 is 11.3 Å². The Hall–Kier alpha value is -1.85. The minimum Gasteiger partial charge on any atom is -0.334 e. The summed E-state index contributed by atoms with van der Waals surface area (Å²) in [6.07, 6.45) is -1.87. The van der Waals surface area contributed by atoms with Crippen molar-refractivity contribution in [2.75, 3.05) is 6.54 Å². The molecule has 3 heterocycles. The average Bonchev–Trinajstić information content (AvgIpc) is 3.12. The third-order valence-corrected chi connectivity index (χ3v) is 4.83. The summed E-state index contributed by atoms with van der Waals surface area (Å²) in [5.74, 6) is 0.804. The van der Waals surface area contributed by atoms with Gasteiger partial charge < -0.3 is 9.88 Å². The molecule has 1 N–H and O–H groups in total. The molecule has 1 atom stereocenters. The fourth-order valence-electron chi connectivity index (χ4n) is 2.75. The number of aromatic nitrogens is 2. The van der Waals surface area contributed by atoms with Crippen LogP contribution in [0.4, 0.5) is 13.2 Å². The quantitative estimate of drug-likeness (QED) is 0.930. The van der Waals surface area contributed by atoms with E-state index in [1.165, 1.54) is 11.3 Å². The van der Waals surface area contributed by atoms with Gasteiger partial charge in [-0.25, -0.2) is 4.98 Å². The predicted molar refractivity (Wildman–Crippen MR) is 79.8 cm³/mol. The standard InChI is InChI=1S/C15H15F3N4S/c16-15(17,18)13-8-22-7-10(1-2-14(22)21-13)5-20-6-12-3-11(4-19)9-23-12/h3,8-10,20H,1-2,5-7H2. The molecule has 1 aliphatic rings. The van der Waals surface area contributed by atoms with E-state index in [-0.39, 0.29) is 5.92 Å². The van der Waals surface area contributed by atoms with E-state index in [0.29, 0.717) is 30.9 Å². The molecule has 1 aliphatic heterocycles. The Labute approximate surface area is 135 Å². The Balaban J connectivity index is 1.53. The number of imidazole rings is 1. The number of fused-ring (bicyclic) bond motifs is 1. The zero-order valence-corrected chi connectivity index (χ0v) is 13.0. The molecule has 8 heteroatoms. The number of nitrogens with one attached hydrogen (secondary N) is 1. The highest BCUT2D eigenvalue weighted by Gasteiger charge is 2.35. The van der Waals surface area contributed by atoms with Gasteiger partial charge in [-0.2, -0.15) is 18.4 Å². The number of hydrogen-bond donors (Lipinski definition) is 1. The Bertz CT molecular complexity index is 726. The van der Waals surface area contributed by atoms with E-state index in [1.54, 1.807) is 4.57 Å². The van der Waals surface area contributed by atoms with Crippen LogP contribution in [0, 0.1) is 17.2 Å². The first kappa shape index (κ1) is 16.0. The zero-order valence-electron chi connectivity index (χ0n) is 12.2. The van der Waals surface area contributed by atoms with Gasteiger partial charge in [0.05, 0.1) is 5.56 Å². The van der Waals surface area contributed by atoms with Crippen LogP contribution in [0.25, 0.3) is 0 Å². The third-order valence-electron chi connectivity index (χ3n) is 3.90. The molecule has 0 radical (unpaired) electrons. The highest BCUT2D eigenvalue weighted by Crippen LogP contribution is 2.30. The van der Waals surface area contributed by atoms with Crippen molar-refractivity contribution in [3.63, 3.8) is 0 Å². The van der Waals surface area contributed by atoms with Crippen molar-refractivity contribution in [3.05, 3.63) is 39.6 Å². The molecule has 0 saturated carbocycles. The molecule has 122 valence electrons. The maximum absolute atomic E-state index is 12.7. The number of aryl methyl sites for hydroxylation is 1. The van der Waals surface area contributed by atoms with Gasteiger partial charge in [0, 0.05) is 42.5 Å². The molecular weight excluding hydrogens is 325 g/mol. The summed E-state index contributed by atoms with van der Waals surface area (Å²) >= 11 is 1.53. The summed E-state index contributed by atoms with van der Waals surface area (Å²) in [5, 5.41) is 13.9. The monoisotopic (exact) mass is 340 g/mol. The van der Waals surface area contributed by atoms with Crippen molar-refractivity contribution < 1.29 is 13.2 Å². The van der Waals surface area contributed by atoms with Crippen molar-refractivity contribution in [1.29, 1.82) is 5.26 Å². The van der Waals surface area contributed by atoms with Crippen molar-refractivity contribution in [2.24, 2.45) is 5.92 Å². The van der Waals surface area contributed by atoms with Crippen LogP contribution < -0.4 is 5.32 Å². The molecule has 2 aromatic rings. The Kier molecular flexibility index (Phi) is 4.41. The average molecular weight is 340 g/mol. The smallest absolute Gasteiger partial charge is 0.334 e. The maximum atomic E-state index is 12.7. The van der Waals surface area contributed by atoms with Gasteiger partial charge >= 0.3 is 6.18 Å². The van der Waals surface area contributed by atoms with Crippen molar-refractivity contribution in [1.82, 2.24) is 14.9 Å². The molecule has 0 saturated heterocycles. The first-order chi connectivity index (χ1) is 11.0. The SMILES string of the molecule is N#Cc1csc(CNCC2CCc3nc(C(F)(F)F)cn3C2)c1. The summed E-state index contributed by atoms with van der Waals surface area (Å²) in [7, 11) is 0. The number of hydrogen-bond acceptors (Lipinski definition) is 4. The van der Waals surface area contributed by atoms with E-state index >= 15 is 0 Å². The van der Waals surface area contributed by atoms with Crippen LogP contribution in [0.5, 0.6) is 0 Å². The van der Waals surface area contributed by atoms with Crippen LogP contribution in [0.2, 0.25) is 0 Å². The van der Waals surface area contributed by atoms with Crippen LogP contribution >= 0.6 is 11.3 Å². The molecule has 1 unspecified atom stereocenters. The van der Waals surface area contributed by atoms with E-state index in [9.17, 15) is 13.2 Å². The number of alkyl halides is 3. The van der Waals surface area contributed by atoms with Crippen LogP contribution in [-0.4, -0.2) is 16.1 Å². The van der Waals surface area contributed by atoms with Gasteiger partial charge in [0.25, 0.3) is 0 Å². The number of nitrogens with zero attached hydrogens (tertiary/aromatic N) is 3. The molecule has 23 heavy (non-hydrogen) atoms. The highest BCUT2D eigenvalue weighted by atomic mass is 32.1. The number of halogens is 3. The van der Waals surface area contributed by atoms with E-state index in [1.807, 2.05) is 11.4 Å². The van der Waals surface area contributed by atoms with Gasteiger partial charge in [-0.3, -0.25) is 0 Å². The molecule has 3 rings (SSSR count).